The second-order valence-electron chi connectivity index (χ2n) is 6.29. The Hall–Kier alpha value is -2.60. The van der Waals surface area contributed by atoms with Gasteiger partial charge in [-0.25, -0.2) is 0 Å². The van der Waals surface area contributed by atoms with Crippen LogP contribution in [0.3, 0.4) is 0 Å². The average Bonchev–Trinajstić information content (AvgIpc) is 3.17. The second-order valence-corrected chi connectivity index (χ2v) is 8.56. The van der Waals surface area contributed by atoms with E-state index < -0.39 is 0 Å². The fourth-order valence-corrected chi connectivity index (χ4v) is 5.43. The van der Waals surface area contributed by atoms with Crippen molar-refractivity contribution in [3.05, 3.63) is 97.1 Å². The van der Waals surface area contributed by atoms with Gasteiger partial charge in [0, 0.05) is 0 Å². The maximum atomic E-state index is 2.32. The van der Waals surface area contributed by atoms with Gasteiger partial charge in [-0.15, -0.1) is 0 Å². The molecule has 0 unspecified atom stereocenters. The van der Waals surface area contributed by atoms with Gasteiger partial charge in [0.25, 0.3) is 0 Å². The van der Waals surface area contributed by atoms with Gasteiger partial charge in [-0.05, 0) is 0 Å². The molecular weight excluding hydrogens is 367 g/mol. The van der Waals surface area contributed by atoms with Gasteiger partial charge in [0.15, 0.2) is 0 Å². The van der Waals surface area contributed by atoms with Gasteiger partial charge in [-0.3, -0.25) is 0 Å². The molecule has 1 aromatic heterocycles. The summed E-state index contributed by atoms with van der Waals surface area (Å²) in [4.78, 5) is 0. The Labute approximate surface area is 153 Å². The summed E-state index contributed by atoms with van der Waals surface area (Å²) in [5.74, 6) is 0. The Morgan fingerprint density at radius 2 is 0.840 bits per heavy atom. The van der Waals surface area contributed by atoms with Gasteiger partial charge in [0.2, 0.25) is 0 Å². The third-order valence-electron chi connectivity index (χ3n) is 4.67. The van der Waals surface area contributed by atoms with Gasteiger partial charge < -0.3 is 0 Å². The van der Waals surface area contributed by atoms with Crippen LogP contribution in [0.5, 0.6) is 0 Å². The molecule has 0 radical (unpaired) electrons. The predicted octanol–water partition coefficient (Wildman–Crippen LogP) is 6.38. The monoisotopic (exact) mass is 384 g/mol. The molecule has 0 amide bonds. The predicted molar refractivity (Wildman–Crippen MR) is 109 cm³/mol. The molecular formula is C24H16Se. The third-order valence-corrected chi connectivity index (χ3v) is 7.16. The van der Waals surface area contributed by atoms with Gasteiger partial charge in [0.05, 0.1) is 0 Å². The summed E-state index contributed by atoms with van der Waals surface area (Å²) in [6, 6.07) is 35.4. The molecule has 0 N–H and O–H groups in total. The summed E-state index contributed by atoms with van der Waals surface area (Å²) < 4.78 is 2.92. The Balaban J connectivity index is 1.57. The molecule has 0 saturated heterocycles. The molecule has 4 aromatic carbocycles. The van der Waals surface area contributed by atoms with E-state index in [1.54, 1.807) is 0 Å². The molecule has 0 aliphatic carbocycles. The van der Waals surface area contributed by atoms with E-state index in [4.69, 9.17) is 0 Å². The van der Waals surface area contributed by atoms with E-state index in [1.165, 1.54) is 41.5 Å². The molecule has 1 heterocycles. The fraction of sp³-hybridized carbons (Fsp3) is 0. The molecule has 0 atom stereocenters. The van der Waals surface area contributed by atoms with Crippen LogP contribution in [0.2, 0.25) is 0 Å². The van der Waals surface area contributed by atoms with Gasteiger partial charge in [0.1, 0.15) is 0 Å². The van der Waals surface area contributed by atoms with E-state index in [2.05, 4.69) is 97.1 Å². The first-order valence-electron chi connectivity index (χ1n) is 8.45. The van der Waals surface area contributed by atoms with E-state index >= 15 is 0 Å². The summed E-state index contributed by atoms with van der Waals surface area (Å²) in [7, 11) is 0. The Morgan fingerprint density at radius 3 is 1.32 bits per heavy atom. The zero-order valence-electron chi connectivity index (χ0n) is 13.6. The Morgan fingerprint density at radius 1 is 0.400 bits per heavy atom. The molecule has 0 bridgehead atoms. The van der Waals surface area contributed by atoms with Crippen LogP contribution in [0, 0.1) is 0 Å². The van der Waals surface area contributed by atoms with E-state index in [9.17, 15) is 0 Å². The first kappa shape index (κ1) is 14.7. The van der Waals surface area contributed by atoms with Crippen molar-refractivity contribution in [3.63, 3.8) is 0 Å². The zero-order valence-corrected chi connectivity index (χ0v) is 15.4. The van der Waals surface area contributed by atoms with E-state index in [1.807, 2.05) is 0 Å². The van der Waals surface area contributed by atoms with Crippen molar-refractivity contribution < 1.29 is 0 Å². The minimum atomic E-state index is 0.352. The Kier molecular flexibility index (Phi) is 3.56. The van der Waals surface area contributed by atoms with E-state index in [0.29, 0.717) is 14.5 Å². The van der Waals surface area contributed by atoms with Gasteiger partial charge in [-0.2, -0.15) is 0 Å². The van der Waals surface area contributed by atoms with Crippen molar-refractivity contribution in [2.24, 2.45) is 0 Å². The van der Waals surface area contributed by atoms with Crippen LogP contribution in [0.4, 0.5) is 0 Å². The SMILES string of the molecule is c1ccc2cc(-c3ccc(-c4ccc5ccccc5c4)[se]3)ccc2c1. The van der Waals surface area contributed by atoms with Crippen molar-refractivity contribution in [3.8, 4) is 20.0 Å². The molecule has 118 valence electrons. The number of fused-ring (bicyclic) bond motifs is 2. The summed E-state index contributed by atoms with van der Waals surface area (Å²) in [5.41, 5.74) is 2.71. The van der Waals surface area contributed by atoms with Crippen LogP contribution >= 0.6 is 0 Å². The number of hydrogen-bond acceptors (Lipinski definition) is 0. The van der Waals surface area contributed by atoms with E-state index in [0.717, 1.165) is 0 Å². The molecule has 1 heteroatoms. The van der Waals surface area contributed by atoms with Gasteiger partial charge in [-0.1, -0.05) is 0 Å². The molecule has 25 heavy (non-hydrogen) atoms. The van der Waals surface area contributed by atoms with Crippen LogP contribution in [-0.2, 0) is 0 Å². The first-order chi connectivity index (χ1) is 12.4. The summed E-state index contributed by atoms with van der Waals surface area (Å²) >= 11 is 0.352. The fourth-order valence-electron chi connectivity index (χ4n) is 3.33. The zero-order chi connectivity index (χ0) is 16.6. The van der Waals surface area contributed by atoms with Crippen molar-refractivity contribution in [2.45, 2.75) is 0 Å². The quantitative estimate of drug-likeness (QED) is 0.310. The summed E-state index contributed by atoms with van der Waals surface area (Å²) in [6.45, 7) is 0. The molecule has 5 rings (SSSR count). The van der Waals surface area contributed by atoms with E-state index in [-0.39, 0.29) is 0 Å². The molecule has 0 aliphatic heterocycles. The molecule has 0 aliphatic rings. The first-order valence-corrected chi connectivity index (χ1v) is 10.2. The Bertz CT molecular complexity index is 1100. The average molecular weight is 383 g/mol. The second kappa shape index (κ2) is 6.04. The van der Waals surface area contributed by atoms with Gasteiger partial charge >= 0.3 is 153 Å². The van der Waals surface area contributed by atoms with Crippen LogP contribution in [0.1, 0.15) is 0 Å². The number of rotatable bonds is 2. The van der Waals surface area contributed by atoms with Crippen molar-refractivity contribution in [1.82, 2.24) is 0 Å². The maximum absolute atomic E-state index is 2.32. The molecule has 0 spiro atoms. The standard InChI is InChI=1S/C24H16Se/c1-3-7-19-15-21(11-9-17(19)5-1)23-13-14-24(25-23)22-12-10-18-6-2-4-8-20(18)16-22/h1-16H. The van der Waals surface area contributed by atoms with Crippen LogP contribution < -0.4 is 0 Å². The normalized spacial score (nSPS) is 11.2. The van der Waals surface area contributed by atoms with Crippen LogP contribution in [-0.4, -0.2) is 14.5 Å². The minimum absolute atomic E-state index is 0.352. The number of benzene rings is 4. The summed E-state index contributed by atoms with van der Waals surface area (Å²) in [6.07, 6.45) is 0. The van der Waals surface area contributed by atoms with Crippen LogP contribution in [0.15, 0.2) is 97.1 Å². The van der Waals surface area contributed by atoms with Crippen molar-refractivity contribution in [1.29, 1.82) is 0 Å². The molecule has 5 aromatic rings. The molecule has 0 saturated carbocycles. The van der Waals surface area contributed by atoms with Crippen LogP contribution in [0.25, 0.3) is 41.5 Å². The summed E-state index contributed by atoms with van der Waals surface area (Å²) in [5, 5.41) is 5.24. The third kappa shape index (κ3) is 2.72. The molecule has 0 nitrogen and oxygen atoms in total. The topological polar surface area (TPSA) is 0 Å². The molecule has 0 fully saturated rings. The number of hydrogen-bond donors (Lipinski definition) is 0. The van der Waals surface area contributed by atoms with Crippen molar-refractivity contribution in [2.75, 3.05) is 0 Å². The van der Waals surface area contributed by atoms with Crippen molar-refractivity contribution >= 4 is 36.0 Å².